The summed E-state index contributed by atoms with van der Waals surface area (Å²) in [7, 11) is 0. The maximum atomic E-state index is 8.58. The zero-order chi connectivity index (χ0) is 10.5. The fraction of sp³-hybridized carbons (Fsp3) is 0.300. The van der Waals surface area contributed by atoms with Gasteiger partial charge in [0.2, 0.25) is 6.41 Å². The second-order valence-electron chi connectivity index (χ2n) is 2.11. The van der Waals surface area contributed by atoms with Crippen LogP contribution in [0.4, 0.5) is 0 Å². The van der Waals surface area contributed by atoms with Crippen molar-refractivity contribution in [2.45, 2.75) is 13.8 Å². The van der Waals surface area contributed by atoms with Gasteiger partial charge in [-0.1, -0.05) is 35.9 Å². The minimum Gasteiger partial charge on any atom is -0.397 e. The second kappa shape index (κ2) is 13.3. The quantitative estimate of drug-likeness (QED) is 0.591. The van der Waals surface area contributed by atoms with E-state index >= 15 is 0 Å². The van der Waals surface area contributed by atoms with Gasteiger partial charge in [0.1, 0.15) is 0 Å². The molecule has 0 saturated carbocycles. The van der Waals surface area contributed by atoms with E-state index in [9.17, 15) is 0 Å². The van der Waals surface area contributed by atoms with Crippen molar-refractivity contribution in [1.29, 1.82) is 0 Å². The van der Waals surface area contributed by atoms with Gasteiger partial charge in [-0.25, -0.2) is 0 Å². The summed E-state index contributed by atoms with van der Waals surface area (Å²) in [5, 5.41) is 7.57. The molecule has 0 aliphatic carbocycles. The van der Waals surface area contributed by atoms with E-state index in [1.54, 1.807) is 6.92 Å². The van der Waals surface area contributed by atoms with Crippen molar-refractivity contribution in [3.05, 3.63) is 35.9 Å². The summed E-state index contributed by atoms with van der Waals surface area (Å²) in [5.41, 5.74) is 5.49. The lowest BCUT2D eigenvalue weighted by atomic mass is 10.2. The zero-order valence-electron chi connectivity index (χ0n) is 8.10. The summed E-state index contributed by atoms with van der Waals surface area (Å²) < 4.78 is 0. The molecule has 0 radical (unpaired) electrons. The van der Waals surface area contributed by atoms with E-state index in [0.717, 1.165) is 0 Å². The highest BCUT2D eigenvalue weighted by molar-refractivity contribution is 5.42. The summed E-state index contributed by atoms with van der Waals surface area (Å²) in [6.07, 6.45) is 0.250. The number of hydrogen-bond acceptors (Lipinski definition) is 2. The van der Waals surface area contributed by atoms with Crippen LogP contribution in [0.15, 0.2) is 30.3 Å². The van der Waals surface area contributed by atoms with E-state index < -0.39 is 0 Å². The highest BCUT2D eigenvalue weighted by Crippen LogP contribution is 1.92. The van der Waals surface area contributed by atoms with E-state index in [-0.39, 0.29) is 13.0 Å². The summed E-state index contributed by atoms with van der Waals surface area (Å²) >= 11 is 0. The Morgan fingerprint density at radius 1 is 1.38 bits per heavy atom. The molecule has 1 rings (SSSR count). The molecule has 0 fully saturated rings. The molecule has 3 N–H and O–H groups in total. The van der Waals surface area contributed by atoms with Crippen LogP contribution in [-0.2, 0) is 4.79 Å². The van der Waals surface area contributed by atoms with Crippen LogP contribution in [0, 0.1) is 6.92 Å². The average Bonchev–Trinajstić information content (AvgIpc) is 2.08. The number of primary amides is 1. The molecule has 0 atom stereocenters. The number of nitrogens with two attached hydrogens (primary N) is 1. The monoisotopic (exact) mass is 183 g/mol. The smallest absolute Gasteiger partial charge is 0.204 e. The molecule has 0 bridgehead atoms. The molecular weight excluding hydrogens is 166 g/mol. The van der Waals surface area contributed by atoms with E-state index in [2.05, 4.69) is 24.8 Å². The third kappa shape index (κ3) is 18.0. The van der Waals surface area contributed by atoms with E-state index in [0.29, 0.717) is 0 Å². The van der Waals surface area contributed by atoms with Gasteiger partial charge in [-0.15, -0.1) is 0 Å². The number of carbonyl (C=O) groups is 1. The fourth-order valence-electron chi connectivity index (χ4n) is 0.534. The fourth-order valence-corrected chi connectivity index (χ4v) is 0.534. The van der Waals surface area contributed by atoms with E-state index in [1.807, 2.05) is 18.2 Å². The van der Waals surface area contributed by atoms with Crippen molar-refractivity contribution in [1.82, 2.24) is 0 Å². The maximum Gasteiger partial charge on any atom is 0.204 e. The second-order valence-corrected chi connectivity index (χ2v) is 2.11. The molecule has 1 aromatic rings. The predicted molar refractivity (Wildman–Crippen MR) is 54.2 cm³/mol. The number of rotatable bonds is 0. The molecule has 0 unspecified atom stereocenters. The summed E-state index contributed by atoms with van der Waals surface area (Å²) in [6.45, 7) is 4.01. The van der Waals surface area contributed by atoms with Crippen molar-refractivity contribution in [3.63, 3.8) is 0 Å². The first-order valence-electron chi connectivity index (χ1n) is 4.00. The van der Waals surface area contributed by atoms with Gasteiger partial charge in [-0.05, 0) is 13.8 Å². The Balaban J connectivity index is 0. The van der Waals surface area contributed by atoms with Crippen LogP contribution in [0.5, 0.6) is 0 Å². The van der Waals surface area contributed by atoms with Gasteiger partial charge < -0.3 is 10.8 Å². The molecule has 0 saturated heterocycles. The number of benzene rings is 1. The maximum absolute atomic E-state index is 8.58. The molecule has 1 aromatic carbocycles. The third-order valence-corrected chi connectivity index (χ3v) is 0.940. The van der Waals surface area contributed by atoms with Crippen LogP contribution in [0.1, 0.15) is 12.5 Å². The number of hydrogen-bond donors (Lipinski definition) is 2. The van der Waals surface area contributed by atoms with Crippen molar-refractivity contribution in [2.24, 2.45) is 5.73 Å². The Kier molecular flexibility index (Phi) is 14.5. The van der Waals surface area contributed by atoms with Crippen LogP contribution in [-0.4, -0.2) is 18.1 Å². The summed E-state index contributed by atoms with van der Waals surface area (Å²) in [6, 6.07) is 10.3. The molecule has 0 aliphatic rings. The van der Waals surface area contributed by atoms with Crippen LogP contribution in [0.2, 0.25) is 0 Å². The van der Waals surface area contributed by atoms with E-state index in [4.69, 9.17) is 9.90 Å². The zero-order valence-corrected chi connectivity index (χ0v) is 8.10. The molecular formula is C10H17NO2. The van der Waals surface area contributed by atoms with Crippen LogP contribution in [0.25, 0.3) is 0 Å². The number of aryl methyl sites for hydroxylation is 1. The molecule has 74 valence electrons. The van der Waals surface area contributed by atoms with Crippen molar-refractivity contribution in [2.75, 3.05) is 6.61 Å². The lowest BCUT2D eigenvalue weighted by Crippen LogP contribution is -1.82. The Labute approximate surface area is 79.2 Å². The van der Waals surface area contributed by atoms with Crippen molar-refractivity contribution in [3.8, 4) is 0 Å². The van der Waals surface area contributed by atoms with Crippen LogP contribution < -0.4 is 5.73 Å². The highest BCUT2D eigenvalue weighted by Gasteiger charge is 1.72. The molecule has 3 nitrogen and oxygen atoms in total. The summed E-state index contributed by atoms with van der Waals surface area (Å²) in [5.74, 6) is 0. The van der Waals surface area contributed by atoms with Gasteiger partial charge in [0.05, 0.1) is 0 Å². The van der Waals surface area contributed by atoms with E-state index in [1.165, 1.54) is 5.56 Å². The largest absolute Gasteiger partial charge is 0.397 e. The summed E-state index contributed by atoms with van der Waals surface area (Å²) in [4.78, 5) is 8.58. The van der Waals surface area contributed by atoms with Gasteiger partial charge in [-0.2, -0.15) is 0 Å². The van der Waals surface area contributed by atoms with Crippen LogP contribution >= 0.6 is 0 Å². The standard InChI is InChI=1S/C7H8.C2H6O.CH3NO/c1-7-5-3-2-4-6-7;1-2-3;2-1-3/h2-6H,1H3;3H,2H2,1H3;1H,(H2,2,3). The molecule has 0 spiro atoms. The predicted octanol–water partition coefficient (Wildman–Crippen LogP) is 1.10. The van der Waals surface area contributed by atoms with Gasteiger partial charge in [-0.3, -0.25) is 4.79 Å². The number of aliphatic hydroxyl groups is 1. The molecule has 0 heterocycles. The Morgan fingerprint density at radius 2 is 1.69 bits per heavy atom. The molecule has 13 heavy (non-hydrogen) atoms. The van der Waals surface area contributed by atoms with Crippen molar-refractivity contribution >= 4 is 6.41 Å². The first-order valence-corrected chi connectivity index (χ1v) is 4.00. The third-order valence-electron chi connectivity index (χ3n) is 0.940. The number of amides is 1. The number of aliphatic hydroxyl groups excluding tert-OH is 1. The lowest BCUT2D eigenvalue weighted by molar-refractivity contribution is -0.106. The van der Waals surface area contributed by atoms with Crippen LogP contribution in [0.3, 0.4) is 0 Å². The lowest BCUT2D eigenvalue weighted by Gasteiger charge is -1.82. The molecule has 3 heteroatoms. The van der Waals surface area contributed by atoms with Gasteiger partial charge >= 0.3 is 0 Å². The molecule has 0 aliphatic heterocycles. The normalized spacial score (nSPS) is 7.00. The van der Waals surface area contributed by atoms with Crippen molar-refractivity contribution < 1.29 is 9.90 Å². The average molecular weight is 183 g/mol. The highest BCUT2D eigenvalue weighted by atomic mass is 16.2. The first-order chi connectivity index (χ1) is 6.22. The molecule has 1 amide bonds. The number of carbonyl (C=O) groups excluding carboxylic acids is 1. The first kappa shape index (κ1) is 14.2. The topological polar surface area (TPSA) is 63.3 Å². The minimum absolute atomic E-state index is 0.250. The van der Waals surface area contributed by atoms with Gasteiger partial charge in [0.25, 0.3) is 0 Å². The van der Waals surface area contributed by atoms with Gasteiger partial charge in [0, 0.05) is 6.61 Å². The Bertz CT molecular complexity index is 187. The SMILES string of the molecule is CCO.Cc1ccccc1.NC=O. The minimum atomic E-state index is 0.250. The Morgan fingerprint density at radius 3 is 1.85 bits per heavy atom. The van der Waals surface area contributed by atoms with Gasteiger partial charge in [0.15, 0.2) is 0 Å². The molecule has 0 aromatic heterocycles. The Hall–Kier alpha value is -1.35.